The van der Waals surface area contributed by atoms with Gasteiger partial charge in [-0.15, -0.1) is 0 Å². The summed E-state index contributed by atoms with van der Waals surface area (Å²) in [6.45, 7) is 4.90. The quantitative estimate of drug-likeness (QED) is 0.428. The predicted octanol–water partition coefficient (Wildman–Crippen LogP) is 4.15. The first-order chi connectivity index (χ1) is 15.4. The fourth-order valence-electron chi connectivity index (χ4n) is 3.73. The molecule has 1 N–H and O–H groups in total. The molecule has 0 bridgehead atoms. The molecule has 1 aliphatic rings. The first kappa shape index (κ1) is 22.5. The summed E-state index contributed by atoms with van der Waals surface area (Å²) in [5.41, 5.74) is 1.56. The Morgan fingerprint density at radius 3 is 2.88 bits per heavy atom. The second-order valence-corrected chi connectivity index (χ2v) is 9.17. The number of benzene rings is 2. The van der Waals surface area contributed by atoms with Crippen molar-refractivity contribution >= 4 is 28.6 Å². The summed E-state index contributed by atoms with van der Waals surface area (Å²) < 4.78 is 21.0. The van der Waals surface area contributed by atoms with E-state index in [1.165, 1.54) is 23.9 Å². The Morgan fingerprint density at radius 2 is 2.16 bits per heavy atom. The second kappa shape index (κ2) is 9.83. The van der Waals surface area contributed by atoms with Gasteiger partial charge in [0.2, 0.25) is 0 Å². The number of halogens is 1. The van der Waals surface area contributed by atoms with Crippen LogP contribution in [0.2, 0.25) is 0 Å². The van der Waals surface area contributed by atoms with Crippen molar-refractivity contribution in [2.24, 2.45) is 0 Å². The van der Waals surface area contributed by atoms with Crippen molar-refractivity contribution in [2.75, 3.05) is 6.61 Å². The molecule has 2 aromatic carbocycles. The van der Waals surface area contributed by atoms with Gasteiger partial charge in [-0.05, 0) is 62.6 Å². The van der Waals surface area contributed by atoms with E-state index in [1.54, 1.807) is 28.8 Å². The van der Waals surface area contributed by atoms with E-state index in [4.69, 9.17) is 9.72 Å². The summed E-state index contributed by atoms with van der Waals surface area (Å²) in [6, 6.07) is 11.3. The van der Waals surface area contributed by atoms with Crippen LogP contribution in [-0.2, 0) is 17.0 Å². The van der Waals surface area contributed by atoms with E-state index in [9.17, 15) is 14.0 Å². The first-order valence-corrected chi connectivity index (χ1v) is 11.7. The van der Waals surface area contributed by atoms with Crippen LogP contribution in [0.1, 0.15) is 42.6 Å². The summed E-state index contributed by atoms with van der Waals surface area (Å²) in [7, 11) is 0. The van der Waals surface area contributed by atoms with Gasteiger partial charge in [-0.2, -0.15) is 0 Å². The molecule has 1 atom stereocenters. The molecule has 1 fully saturated rings. The van der Waals surface area contributed by atoms with Crippen LogP contribution in [0.5, 0.6) is 0 Å². The zero-order chi connectivity index (χ0) is 22.7. The van der Waals surface area contributed by atoms with Gasteiger partial charge in [0, 0.05) is 24.0 Å². The molecule has 0 aliphatic carbocycles. The van der Waals surface area contributed by atoms with Crippen molar-refractivity contribution in [2.45, 2.75) is 56.3 Å². The van der Waals surface area contributed by atoms with Gasteiger partial charge in [-0.3, -0.25) is 14.2 Å². The molecule has 4 rings (SSSR count). The molecule has 1 amide bonds. The minimum atomic E-state index is -0.299. The third-order valence-corrected chi connectivity index (χ3v) is 6.32. The average molecular weight is 456 g/mol. The third-order valence-electron chi connectivity index (χ3n) is 5.27. The van der Waals surface area contributed by atoms with Crippen LogP contribution < -0.4 is 10.9 Å². The van der Waals surface area contributed by atoms with Gasteiger partial charge in [0.15, 0.2) is 5.16 Å². The molecule has 0 radical (unpaired) electrons. The van der Waals surface area contributed by atoms with E-state index < -0.39 is 0 Å². The largest absolute Gasteiger partial charge is 0.376 e. The number of rotatable bonds is 7. The SMILES string of the molecule is CC(C)NC(=O)c1ccc2c(=O)n(CC3CCCO3)c(SCc3cccc(F)c3)nc2c1. The third kappa shape index (κ3) is 5.19. The average Bonchev–Trinajstić information content (AvgIpc) is 3.27. The van der Waals surface area contributed by atoms with Crippen LogP contribution in [0.25, 0.3) is 10.9 Å². The fraction of sp³-hybridized carbons (Fsp3) is 0.375. The van der Waals surface area contributed by atoms with Crippen LogP contribution in [0.15, 0.2) is 52.4 Å². The number of aromatic nitrogens is 2. The minimum absolute atomic E-state index is 0.00273. The number of carbonyl (C=O) groups is 1. The minimum Gasteiger partial charge on any atom is -0.376 e. The van der Waals surface area contributed by atoms with Gasteiger partial charge in [-0.25, -0.2) is 9.37 Å². The van der Waals surface area contributed by atoms with Gasteiger partial charge in [-0.1, -0.05) is 23.9 Å². The fourth-order valence-corrected chi connectivity index (χ4v) is 4.68. The topological polar surface area (TPSA) is 73.2 Å². The highest BCUT2D eigenvalue weighted by atomic mass is 32.2. The van der Waals surface area contributed by atoms with E-state index in [0.29, 0.717) is 40.5 Å². The zero-order valence-corrected chi connectivity index (χ0v) is 19.0. The highest BCUT2D eigenvalue weighted by Gasteiger charge is 2.21. The number of amides is 1. The number of hydrogen-bond acceptors (Lipinski definition) is 5. The van der Waals surface area contributed by atoms with Crippen molar-refractivity contribution in [3.05, 3.63) is 69.8 Å². The Bertz CT molecular complexity index is 1190. The highest BCUT2D eigenvalue weighted by Crippen LogP contribution is 2.25. The number of hydrogen-bond donors (Lipinski definition) is 1. The van der Waals surface area contributed by atoms with Crippen LogP contribution >= 0.6 is 11.8 Å². The molecule has 1 unspecified atom stereocenters. The van der Waals surface area contributed by atoms with Crippen molar-refractivity contribution in [1.29, 1.82) is 0 Å². The van der Waals surface area contributed by atoms with Crippen molar-refractivity contribution in [1.82, 2.24) is 14.9 Å². The lowest BCUT2D eigenvalue weighted by Gasteiger charge is -2.17. The van der Waals surface area contributed by atoms with E-state index in [0.717, 1.165) is 18.4 Å². The van der Waals surface area contributed by atoms with Gasteiger partial charge in [0.25, 0.3) is 11.5 Å². The second-order valence-electron chi connectivity index (χ2n) is 8.22. The normalized spacial score (nSPS) is 16.1. The summed E-state index contributed by atoms with van der Waals surface area (Å²) in [5, 5.41) is 3.85. The number of carbonyl (C=O) groups excluding carboxylic acids is 1. The van der Waals surface area contributed by atoms with E-state index in [-0.39, 0.29) is 29.4 Å². The molecule has 6 nitrogen and oxygen atoms in total. The van der Waals surface area contributed by atoms with Crippen molar-refractivity contribution < 1.29 is 13.9 Å². The van der Waals surface area contributed by atoms with Crippen LogP contribution in [0.4, 0.5) is 4.39 Å². The van der Waals surface area contributed by atoms with E-state index >= 15 is 0 Å². The maximum absolute atomic E-state index is 13.6. The molecule has 3 aromatic rings. The molecular formula is C24H26FN3O3S. The highest BCUT2D eigenvalue weighted by molar-refractivity contribution is 7.98. The summed E-state index contributed by atoms with van der Waals surface area (Å²) in [5.74, 6) is -0.0392. The molecule has 1 aliphatic heterocycles. The summed E-state index contributed by atoms with van der Waals surface area (Å²) in [6.07, 6.45) is 1.84. The molecule has 8 heteroatoms. The zero-order valence-electron chi connectivity index (χ0n) is 18.1. The molecule has 2 heterocycles. The maximum Gasteiger partial charge on any atom is 0.262 e. The van der Waals surface area contributed by atoms with E-state index in [2.05, 4.69) is 5.32 Å². The predicted molar refractivity (Wildman–Crippen MR) is 124 cm³/mol. The first-order valence-electron chi connectivity index (χ1n) is 10.7. The Balaban J connectivity index is 1.72. The van der Waals surface area contributed by atoms with Crippen LogP contribution in [0, 0.1) is 5.82 Å². The summed E-state index contributed by atoms with van der Waals surface area (Å²) in [4.78, 5) is 30.5. The maximum atomic E-state index is 13.6. The summed E-state index contributed by atoms with van der Waals surface area (Å²) >= 11 is 1.38. The molecule has 32 heavy (non-hydrogen) atoms. The molecule has 1 aromatic heterocycles. The Hall–Kier alpha value is -2.71. The van der Waals surface area contributed by atoms with Crippen LogP contribution in [0.3, 0.4) is 0 Å². The monoisotopic (exact) mass is 455 g/mol. The number of thioether (sulfide) groups is 1. The smallest absolute Gasteiger partial charge is 0.262 e. The lowest BCUT2D eigenvalue weighted by molar-refractivity contribution is 0.0937. The molecular weight excluding hydrogens is 429 g/mol. The van der Waals surface area contributed by atoms with Gasteiger partial charge in [0.05, 0.1) is 23.6 Å². The standard InChI is InChI=1S/C24H26FN3O3S/c1-15(2)26-22(29)17-8-9-20-21(12-17)27-24(32-14-16-5-3-6-18(25)11-16)28(23(20)30)13-19-7-4-10-31-19/h3,5-6,8-9,11-12,15,19H,4,7,10,13-14H2,1-2H3,(H,26,29). The number of ether oxygens (including phenoxy) is 1. The number of fused-ring (bicyclic) bond motifs is 1. The van der Waals surface area contributed by atoms with Crippen molar-refractivity contribution in [3.63, 3.8) is 0 Å². The lowest BCUT2D eigenvalue weighted by atomic mass is 10.1. The van der Waals surface area contributed by atoms with E-state index in [1.807, 2.05) is 19.9 Å². The molecule has 0 spiro atoms. The van der Waals surface area contributed by atoms with Crippen LogP contribution in [-0.4, -0.2) is 34.2 Å². The van der Waals surface area contributed by atoms with Gasteiger partial charge < -0.3 is 10.1 Å². The Labute approximate surface area is 190 Å². The van der Waals surface area contributed by atoms with Gasteiger partial charge >= 0.3 is 0 Å². The Morgan fingerprint density at radius 1 is 1.31 bits per heavy atom. The molecule has 0 saturated carbocycles. The lowest BCUT2D eigenvalue weighted by Crippen LogP contribution is -2.31. The molecule has 168 valence electrons. The van der Waals surface area contributed by atoms with Gasteiger partial charge in [0.1, 0.15) is 5.82 Å². The van der Waals surface area contributed by atoms with Crippen molar-refractivity contribution in [3.8, 4) is 0 Å². The Kier molecular flexibility index (Phi) is 6.91. The number of nitrogens with zero attached hydrogens (tertiary/aromatic N) is 2. The molecule has 1 saturated heterocycles. The number of nitrogens with one attached hydrogen (secondary N) is 1.